The van der Waals surface area contributed by atoms with Gasteiger partial charge in [-0.15, -0.1) is 0 Å². The molecule has 28 heavy (non-hydrogen) atoms. The molecule has 0 amide bonds. The molecule has 0 radical (unpaired) electrons. The van der Waals surface area contributed by atoms with Gasteiger partial charge in [0, 0.05) is 0 Å². The van der Waals surface area contributed by atoms with E-state index in [0.29, 0.717) is 0 Å². The maximum absolute atomic E-state index is 12.9. The van der Waals surface area contributed by atoms with E-state index in [1.807, 2.05) is 0 Å². The van der Waals surface area contributed by atoms with Gasteiger partial charge in [0.15, 0.2) is 0 Å². The molecule has 6 heteroatoms. The minimum atomic E-state index is -0.544. The van der Waals surface area contributed by atoms with E-state index in [-0.39, 0.29) is 24.3 Å². The summed E-state index contributed by atoms with van der Waals surface area (Å²) in [6.45, 7) is 0.123. The topological polar surface area (TPSA) is 52.6 Å². The van der Waals surface area contributed by atoms with Crippen molar-refractivity contribution in [2.24, 2.45) is 0 Å². The van der Waals surface area contributed by atoms with Gasteiger partial charge in [0.1, 0.15) is 24.8 Å². The van der Waals surface area contributed by atoms with Crippen LogP contribution < -0.4 is 0 Å². The minimum Gasteiger partial charge on any atom is -0.457 e. The van der Waals surface area contributed by atoms with E-state index in [1.54, 1.807) is 24.3 Å². The maximum Gasteiger partial charge on any atom is 0.338 e. The number of benzene rings is 3. The fourth-order valence-electron chi connectivity index (χ4n) is 2.37. The molecule has 142 valence electrons. The van der Waals surface area contributed by atoms with Crippen molar-refractivity contribution in [3.63, 3.8) is 0 Å². The Morgan fingerprint density at radius 2 is 0.893 bits per heavy atom. The van der Waals surface area contributed by atoms with Crippen LogP contribution in [0.1, 0.15) is 31.8 Å². The molecule has 3 rings (SSSR count). The zero-order valence-corrected chi connectivity index (χ0v) is 14.7. The van der Waals surface area contributed by atoms with E-state index in [0.717, 1.165) is 11.1 Å². The van der Waals surface area contributed by atoms with Crippen molar-refractivity contribution in [3.05, 3.63) is 107 Å². The first-order valence-corrected chi connectivity index (χ1v) is 8.44. The van der Waals surface area contributed by atoms with Gasteiger partial charge < -0.3 is 9.47 Å². The van der Waals surface area contributed by atoms with Crippen molar-refractivity contribution in [1.29, 1.82) is 0 Å². The summed E-state index contributed by atoms with van der Waals surface area (Å²) in [6, 6.07) is 17.2. The van der Waals surface area contributed by atoms with E-state index in [2.05, 4.69) is 0 Å². The van der Waals surface area contributed by atoms with Crippen molar-refractivity contribution in [3.8, 4) is 0 Å². The van der Waals surface area contributed by atoms with Gasteiger partial charge in [-0.3, -0.25) is 0 Å². The van der Waals surface area contributed by atoms with E-state index < -0.39 is 23.6 Å². The molecule has 0 atom stereocenters. The lowest BCUT2D eigenvalue weighted by Crippen LogP contribution is -2.06. The lowest BCUT2D eigenvalue weighted by molar-refractivity contribution is 0.0460. The molecular weight excluding hydrogens is 366 g/mol. The second-order valence-corrected chi connectivity index (χ2v) is 5.98. The first kappa shape index (κ1) is 19.2. The predicted octanol–water partition coefficient (Wildman–Crippen LogP) is 4.68. The number of halogens is 2. The number of esters is 2. The quantitative estimate of drug-likeness (QED) is 0.581. The number of ether oxygens (including phenoxy) is 2. The molecule has 0 heterocycles. The van der Waals surface area contributed by atoms with Crippen LogP contribution in [0.3, 0.4) is 0 Å². The molecule has 0 saturated heterocycles. The van der Waals surface area contributed by atoms with E-state index >= 15 is 0 Å². The van der Waals surface area contributed by atoms with E-state index in [1.165, 1.54) is 48.5 Å². The second kappa shape index (κ2) is 8.90. The Balaban J connectivity index is 1.49. The van der Waals surface area contributed by atoms with Crippen LogP contribution in [0.15, 0.2) is 72.8 Å². The van der Waals surface area contributed by atoms with Crippen molar-refractivity contribution in [2.75, 3.05) is 0 Å². The molecular formula is C22H16F2O4. The Morgan fingerprint density at radius 3 is 1.21 bits per heavy atom. The highest BCUT2D eigenvalue weighted by Gasteiger charge is 2.09. The van der Waals surface area contributed by atoms with Crippen molar-refractivity contribution in [1.82, 2.24) is 0 Å². The minimum absolute atomic E-state index is 0.0614. The highest BCUT2D eigenvalue weighted by atomic mass is 19.1. The average Bonchev–Trinajstić information content (AvgIpc) is 2.72. The summed E-state index contributed by atoms with van der Waals surface area (Å²) in [4.78, 5) is 23.8. The largest absolute Gasteiger partial charge is 0.457 e. The molecule has 0 aliphatic carbocycles. The third-order valence-corrected chi connectivity index (χ3v) is 3.92. The van der Waals surface area contributed by atoms with Crippen molar-refractivity contribution in [2.45, 2.75) is 13.2 Å². The number of hydrogen-bond donors (Lipinski definition) is 0. The zero-order valence-electron chi connectivity index (χ0n) is 14.7. The van der Waals surface area contributed by atoms with Gasteiger partial charge in [-0.05, 0) is 59.7 Å². The molecule has 0 aromatic heterocycles. The average molecular weight is 382 g/mol. The normalized spacial score (nSPS) is 10.4. The van der Waals surface area contributed by atoms with Gasteiger partial charge in [-0.1, -0.05) is 24.3 Å². The monoisotopic (exact) mass is 382 g/mol. The van der Waals surface area contributed by atoms with Gasteiger partial charge >= 0.3 is 11.9 Å². The fourth-order valence-corrected chi connectivity index (χ4v) is 2.37. The lowest BCUT2D eigenvalue weighted by Gasteiger charge is -2.07. The van der Waals surface area contributed by atoms with Gasteiger partial charge in [0.05, 0.1) is 11.1 Å². The smallest absolute Gasteiger partial charge is 0.338 e. The van der Waals surface area contributed by atoms with Gasteiger partial charge in [-0.2, -0.15) is 0 Å². The molecule has 0 spiro atoms. The van der Waals surface area contributed by atoms with Crippen molar-refractivity contribution >= 4 is 11.9 Å². The highest BCUT2D eigenvalue weighted by molar-refractivity contribution is 5.89. The Labute approximate surface area is 160 Å². The molecule has 3 aromatic carbocycles. The number of hydrogen-bond acceptors (Lipinski definition) is 4. The van der Waals surface area contributed by atoms with E-state index in [9.17, 15) is 18.4 Å². The van der Waals surface area contributed by atoms with Gasteiger partial charge in [-0.25, -0.2) is 18.4 Å². The standard InChI is InChI=1S/C22H16F2O4/c23-19-9-5-17(6-10-19)21(25)27-13-15-1-2-16(4-3-15)14-28-22(26)18-7-11-20(24)12-8-18/h1-12H,13-14H2. The Bertz CT molecular complexity index is 869. The molecule has 0 aliphatic rings. The molecule has 0 aliphatic heterocycles. The summed E-state index contributed by atoms with van der Waals surface area (Å²) in [7, 11) is 0. The van der Waals surface area contributed by atoms with E-state index in [4.69, 9.17) is 9.47 Å². The Hall–Kier alpha value is -3.54. The SMILES string of the molecule is O=C(OCc1ccc(COC(=O)c2ccc(F)cc2)cc1)c1ccc(F)cc1. The number of rotatable bonds is 6. The summed E-state index contributed by atoms with van der Waals surface area (Å²) >= 11 is 0. The summed E-state index contributed by atoms with van der Waals surface area (Å²) in [5.41, 5.74) is 2.05. The Morgan fingerprint density at radius 1 is 0.571 bits per heavy atom. The van der Waals surface area contributed by atoms with Crippen LogP contribution in [0.25, 0.3) is 0 Å². The van der Waals surface area contributed by atoms with Crippen LogP contribution in [0, 0.1) is 11.6 Å². The van der Waals surface area contributed by atoms with Crippen LogP contribution >= 0.6 is 0 Å². The van der Waals surface area contributed by atoms with Crippen LogP contribution in [-0.2, 0) is 22.7 Å². The molecule has 0 fully saturated rings. The molecule has 4 nitrogen and oxygen atoms in total. The highest BCUT2D eigenvalue weighted by Crippen LogP contribution is 2.11. The molecule has 0 unspecified atom stereocenters. The summed E-state index contributed by atoms with van der Waals surface area (Å²) in [5, 5.41) is 0. The molecule has 0 saturated carbocycles. The molecule has 0 N–H and O–H groups in total. The first-order chi connectivity index (χ1) is 13.5. The van der Waals surface area contributed by atoms with Crippen LogP contribution in [0.5, 0.6) is 0 Å². The van der Waals surface area contributed by atoms with Crippen molar-refractivity contribution < 1.29 is 27.8 Å². The second-order valence-electron chi connectivity index (χ2n) is 5.98. The number of carbonyl (C=O) groups excluding carboxylic acids is 2. The maximum atomic E-state index is 12.9. The molecule has 0 bridgehead atoms. The van der Waals surface area contributed by atoms with Gasteiger partial charge in [0.2, 0.25) is 0 Å². The van der Waals surface area contributed by atoms with Crippen LogP contribution in [0.2, 0.25) is 0 Å². The third-order valence-electron chi connectivity index (χ3n) is 3.92. The summed E-state index contributed by atoms with van der Waals surface area (Å²) in [5.74, 6) is -1.94. The van der Waals surface area contributed by atoms with Crippen LogP contribution in [-0.4, -0.2) is 11.9 Å². The van der Waals surface area contributed by atoms with Crippen LogP contribution in [0.4, 0.5) is 8.78 Å². The lowest BCUT2D eigenvalue weighted by atomic mass is 10.1. The number of carbonyl (C=O) groups is 2. The first-order valence-electron chi connectivity index (χ1n) is 8.44. The molecule has 3 aromatic rings. The summed E-state index contributed by atoms with van der Waals surface area (Å²) < 4.78 is 36.1. The fraction of sp³-hybridized carbons (Fsp3) is 0.0909. The zero-order chi connectivity index (χ0) is 19.9. The van der Waals surface area contributed by atoms with Gasteiger partial charge in [0.25, 0.3) is 0 Å². The Kier molecular flexibility index (Phi) is 6.11. The summed E-state index contributed by atoms with van der Waals surface area (Å²) in [6.07, 6.45) is 0. The predicted molar refractivity (Wildman–Crippen MR) is 97.5 cm³/mol. The third kappa shape index (κ3) is 5.23.